The van der Waals surface area contributed by atoms with Gasteiger partial charge in [-0.25, -0.2) is 8.42 Å². The molecule has 0 aliphatic carbocycles. The van der Waals surface area contributed by atoms with E-state index >= 15 is 0 Å². The predicted molar refractivity (Wildman–Crippen MR) is 117 cm³/mol. The quantitative estimate of drug-likeness (QED) is 0.633. The van der Waals surface area contributed by atoms with Crippen LogP contribution in [0.25, 0.3) is 0 Å². The fraction of sp³-hybridized carbons (Fsp3) is 0.435. The highest BCUT2D eigenvalue weighted by molar-refractivity contribution is 7.89. The first kappa shape index (κ1) is 25.0. The fourth-order valence-electron chi connectivity index (χ4n) is 3.77. The Morgan fingerprint density at radius 3 is 2.36 bits per heavy atom. The Morgan fingerprint density at radius 1 is 1.15 bits per heavy atom. The summed E-state index contributed by atoms with van der Waals surface area (Å²) in [6.07, 6.45) is -4.04. The summed E-state index contributed by atoms with van der Waals surface area (Å²) < 4.78 is 71.1. The Balaban J connectivity index is 1.59. The number of benzene rings is 2. The molecule has 1 aliphatic heterocycles. The molecule has 33 heavy (non-hydrogen) atoms. The van der Waals surface area contributed by atoms with Crippen molar-refractivity contribution in [1.29, 1.82) is 0 Å². The van der Waals surface area contributed by atoms with Gasteiger partial charge >= 0.3 is 6.18 Å². The van der Waals surface area contributed by atoms with Gasteiger partial charge in [0.25, 0.3) is 0 Å². The molecule has 1 saturated heterocycles. The second-order valence-corrected chi connectivity index (χ2v) is 9.87. The minimum absolute atomic E-state index is 0.0636. The second-order valence-electron chi connectivity index (χ2n) is 7.94. The van der Waals surface area contributed by atoms with E-state index in [1.807, 2.05) is 38.1 Å². The number of halogens is 3. The number of ether oxygens (including phenoxy) is 1. The summed E-state index contributed by atoms with van der Waals surface area (Å²) in [7, 11) is -4.08. The van der Waals surface area contributed by atoms with Crippen molar-refractivity contribution in [3.05, 3.63) is 59.7 Å². The maximum absolute atomic E-state index is 13.0. The van der Waals surface area contributed by atoms with Crippen molar-refractivity contribution in [3.63, 3.8) is 0 Å². The molecule has 3 rings (SSSR count). The van der Waals surface area contributed by atoms with E-state index < -0.39 is 26.7 Å². The van der Waals surface area contributed by atoms with E-state index in [2.05, 4.69) is 5.32 Å². The van der Waals surface area contributed by atoms with Crippen LogP contribution < -0.4 is 10.1 Å². The van der Waals surface area contributed by atoms with Crippen LogP contribution in [0, 0.1) is 5.92 Å². The Bertz CT molecular complexity index is 1060. The van der Waals surface area contributed by atoms with Gasteiger partial charge in [-0.2, -0.15) is 17.5 Å². The van der Waals surface area contributed by atoms with Gasteiger partial charge in [-0.05, 0) is 62.6 Å². The van der Waals surface area contributed by atoms with Crippen molar-refractivity contribution in [3.8, 4) is 5.75 Å². The van der Waals surface area contributed by atoms with Crippen LogP contribution in [-0.2, 0) is 21.0 Å². The molecule has 0 radical (unpaired) electrons. The normalized spacial score (nSPS) is 16.9. The SMILES string of the molecule is CCOc1ccc(C(C)NC(=O)C2CCN(S(=O)(=O)c3cccc(C(F)(F)F)c3)CC2)cc1. The van der Waals surface area contributed by atoms with E-state index in [-0.39, 0.29) is 31.0 Å². The summed E-state index contributed by atoms with van der Waals surface area (Å²) >= 11 is 0. The number of hydrogen-bond acceptors (Lipinski definition) is 4. The summed E-state index contributed by atoms with van der Waals surface area (Å²) in [5.41, 5.74) is -0.0996. The van der Waals surface area contributed by atoms with Gasteiger partial charge in [0.15, 0.2) is 0 Å². The molecule has 2 aromatic carbocycles. The summed E-state index contributed by atoms with van der Waals surface area (Å²) in [6.45, 7) is 4.45. The highest BCUT2D eigenvalue weighted by atomic mass is 32.2. The van der Waals surface area contributed by atoms with Crippen LogP contribution in [0.4, 0.5) is 13.2 Å². The lowest BCUT2D eigenvalue weighted by Crippen LogP contribution is -2.43. The molecule has 0 bridgehead atoms. The van der Waals surface area contributed by atoms with Crippen molar-refractivity contribution < 1.29 is 31.1 Å². The first-order valence-corrected chi connectivity index (χ1v) is 12.2. The molecule has 0 saturated carbocycles. The van der Waals surface area contributed by atoms with Crippen molar-refractivity contribution in [2.24, 2.45) is 5.92 Å². The summed E-state index contributed by atoms with van der Waals surface area (Å²) in [5, 5.41) is 2.95. The molecule has 10 heteroatoms. The number of hydrogen-bond donors (Lipinski definition) is 1. The van der Waals surface area contributed by atoms with Crippen LogP contribution in [-0.4, -0.2) is 38.3 Å². The molecule has 1 atom stereocenters. The number of rotatable bonds is 7. The van der Waals surface area contributed by atoms with Crippen LogP contribution in [0.2, 0.25) is 0 Å². The lowest BCUT2D eigenvalue weighted by atomic mass is 9.96. The lowest BCUT2D eigenvalue weighted by Gasteiger charge is -2.31. The molecule has 1 amide bonds. The lowest BCUT2D eigenvalue weighted by molar-refractivity contribution is -0.137. The fourth-order valence-corrected chi connectivity index (χ4v) is 5.29. The minimum atomic E-state index is -4.63. The third-order valence-corrected chi connectivity index (χ3v) is 7.57. The maximum atomic E-state index is 13.0. The van der Waals surface area contributed by atoms with Gasteiger partial charge in [0.05, 0.1) is 23.1 Å². The highest BCUT2D eigenvalue weighted by Gasteiger charge is 2.35. The molecular formula is C23H27F3N2O4S. The van der Waals surface area contributed by atoms with E-state index in [9.17, 15) is 26.4 Å². The molecule has 6 nitrogen and oxygen atoms in total. The summed E-state index contributed by atoms with van der Waals surface area (Å²) in [4.78, 5) is 12.3. The molecular weight excluding hydrogens is 457 g/mol. The van der Waals surface area contributed by atoms with Crippen molar-refractivity contribution >= 4 is 15.9 Å². The van der Waals surface area contributed by atoms with Gasteiger partial charge in [-0.3, -0.25) is 4.79 Å². The van der Waals surface area contributed by atoms with E-state index in [4.69, 9.17) is 4.74 Å². The third-order valence-electron chi connectivity index (χ3n) is 5.67. The Kier molecular flexibility index (Phi) is 7.69. The zero-order valence-corrected chi connectivity index (χ0v) is 19.2. The van der Waals surface area contributed by atoms with Crippen LogP contribution in [0.5, 0.6) is 5.75 Å². The first-order chi connectivity index (χ1) is 15.5. The van der Waals surface area contributed by atoms with Crippen LogP contribution in [0.3, 0.4) is 0 Å². The third kappa shape index (κ3) is 6.05. The van der Waals surface area contributed by atoms with E-state index in [1.54, 1.807) is 0 Å². The van der Waals surface area contributed by atoms with Crippen LogP contribution in [0.1, 0.15) is 43.9 Å². The largest absolute Gasteiger partial charge is 0.494 e. The highest BCUT2D eigenvalue weighted by Crippen LogP contribution is 2.32. The zero-order chi connectivity index (χ0) is 24.2. The van der Waals surface area contributed by atoms with E-state index in [1.165, 1.54) is 0 Å². The molecule has 180 valence electrons. The molecule has 1 unspecified atom stereocenters. The van der Waals surface area contributed by atoms with Crippen LogP contribution in [0.15, 0.2) is 53.4 Å². The minimum Gasteiger partial charge on any atom is -0.494 e. The Labute approximate surface area is 191 Å². The number of alkyl halides is 3. The number of nitrogens with zero attached hydrogens (tertiary/aromatic N) is 1. The maximum Gasteiger partial charge on any atom is 0.416 e. The van der Waals surface area contributed by atoms with Crippen molar-refractivity contribution in [2.45, 2.75) is 43.8 Å². The van der Waals surface area contributed by atoms with E-state index in [0.717, 1.165) is 33.8 Å². The second kappa shape index (κ2) is 10.1. The number of amides is 1. The van der Waals surface area contributed by atoms with Gasteiger partial charge < -0.3 is 10.1 Å². The Hall–Kier alpha value is -2.59. The molecule has 0 spiro atoms. The average Bonchev–Trinajstić information content (AvgIpc) is 2.79. The van der Waals surface area contributed by atoms with Gasteiger partial charge in [0.2, 0.25) is 15.9 Å². The summed E-state index contributed by atoms with van der Waals surface area (Å²) in [5.74, 6) is 0.199. The zero-order valence-electron chi connectivity index (χ0n) is 18.4. The number of sulfonamides is 1. The Morgan fingerprint density at radius 2 is 1.79 bits per heavy atom. The topological polar surface area (TPSA) is 75.7 Å². The number of piperidine rings is 1. The molecule has 1 heterocycles. The van der Waals surface area contributed by atoms with Crippen molar-refractivity contribution in [2.75, 3.05) is 19.7 Å². The van der Waals surface area contributed by atoms with E-state index in [0.29, 0.717) is 25.5 Å². The average molecular weight is 485 g/mol. The first-order valence-electron chi connectivity index (χ1n) is 10.7. The van der Waals surface area contributed by atoms with Gasteiger partial charge in [0, 0.05) is 19.0 Å². The number of nitrogens with one attached hydrogen (secondary N) is 1. The monoisotopic (exact) mass is 484 g/mol. The summed E-state index contributed by atoms with van der Waals surface area (Å²) in [6, 6.07) is 10.9. The molecule has 1 fully saturated rings. The van der Waals surface area contributed by atoms with Gasteiger partial charge in [-0.1, -0.05) is 18.2 Å². The molecule has 0 aromatic heterocycles. The van der Waals surface area contributed by atoms with Gasteiger partial charge in [-0.15, -0.1) is 0 Å². The molecule has 1 N–H and O–H groups in total. The molecule has 1 aliphatic rings. The van der Waals surface area contributed by atoms with Crippen molar-refractivity contribution in [1.82, 2.24) is 9.62 Å². The van der Waals surface area contributed by atoms with Gasteiger partial charge in [0.1, 0.15) is 5.75 Å². The standard InChI is InChI=1S/C23H27F3N2O4S/c1-3-32-20-9-7-17(8-10-20)16(2)27-22(29)18-11-13-28(14-12-18)33(30,31)21-6-4-5-19(15-21)23(24,25)26/h4-10,15-16,18H,3,11-14H2,1-2H3,(H,27,29). The molecule has 2 aromatic rings. The van der Waals surface area contributed by atoms with Crippen LogP contribution >= 0.6 is 0 Å². The number of carbonyl (C=O) groups is 1. The predicted octanol–water partition coefficient (Wildman–Crippen LogP) is 4.38. The smallest absolute Gasteiger partial charge is 0.416 e. The number of carbonyl (C=O) groups excluding carboxylic acids is 1.